The maximum Gasteiger partial charge on any atom is 0.165 e. The van der Waals surface area contributed by atoms with E-state index in [0.717, 1.165) is 18.5 Å². The summed E-state index contributed by atoms with van der Waals surface area (Å²) in [4.78, 5) is 0. The summed E-state index contributed by atoms with van der Waals surface area (Å²) in [6.07, 6.45) is 0.942. The van der Waals surface area contributed by atoms with Crippen molar-refractivity contribution in [3.05, 3.63) is 29.6 Å². The van der Waals surface area contributed by atoms with E-state index in [-0.39, 0.29) is 5.82 Å². The van der Waals surface area contributed by atoms with Crippen LogP contribution in [0.25, 0.3) is 0 Å². The minimum atomic E-state index is -0.271. The molecule has 1 aromatic carbocycles. The Kier molecular flexibility index (Phi) is 6.85. The van der Waals surface area contributed by atoms with Gasteiger partial charge in [0, 0.05) is 6.54 Å². The molecule has 0 spiro atoms. The Morgan fingerprint density at radius 2 is 1.89 bits per heavy atom. The van der Waals surface area contributed by atoms with Gasteiger partial charge in [0.1, 0.15) is 0 Å². The third-order valence-corrected chi connectivity index (χ3v) is 2.83. The van der Waals surface area contributed by atoms with Gasteiger partial charge < -0.3 is 10.1 Å². The SMILES string of the molecule is CC(C)CCOc1ccc(CNCC(C)C)cc1F. The minimum Gasteiger partial charge on any atom is -0.491 e. The van der Waals surface area contributed by atoms with Gasteiger partial charge in [-0.1, -0.05) is 33.8 Å². The lowest BCUT2D eigenvalue weighted by molar-refractivity contribution is 0.276. The highest BCUT2D eigenvalue weighted by atomic mass is 19.1. The Labute approximate surface area is 116 Å². The fourth-order valence-corrected chi connectivity index (χ4v) is 1.68. The maximum absolute atomic E-state index is 13.8. The standard InChI is InChI=1S/C16H26FNO/c1-12(2)7-8-19-16-6-5-14(9-15(16)17)11-18-10-13(3)4/h5-6,9,12-13,18H,7-8,10-11H2,1-4H3. The molecule has 0 unspecified atom stereocenters. The highest BCUT2D eigenvalue weighted by Crippen LogP contribution is 2.19. The predicted molar refractivity (Wildman–Crippen MR) is 77.9 cm³/mol. The topological polar surface area (TPSA) is 21.3 Å². The van der Waals surface area contributed by atoms with Gasteiger partial charge in [-0.05, 0) is 42.5 Å². The zero-order valence-electron chi connectivity index (χ0n) is 12.5. The average Bonchev–Trinajstić information content (AvgIpc) is 2.31. The van der Waals surface area contributed by atoms with Crippen LogP contribution < -0.4 is 10.1 Å². The van der Waals surface area contributed by atoms with Crippen LogP contribution in [0.4, 0.5) is 4.39 Å². The second-order valence-corrected chi connectivity index (χ2v) is 5.82. The van der Waals surface area contributed by atoms with Crippen molar-refractivity contribution < 1.29 is 9.13 Å². The molecule has 1 N–H and O–H groups in total. The van der Waals surface area contributed by atoms with Gasteiger partial charge in [-0.15, -0.1) is 0 Å². The molecule has 1 rings (SSSR count). The summed E-state index contributed by atoms with van der Waals surface area (Å²) in [5, 5.41) is 3.30. The van der Waals surface area contributed by atoms with Crippen molar-refractivity contribution in [2.24, 2.45) is 11.8 Å². The van der Waals surface area contributed by atoms with Gasteiger partial charge in [0.05, 0.1) is 6.61 Å². The van der Waals surface area contributed by atoms with Gasteiger partial charge in [-0.2, -0.15) is 0 Å². The third kappa shape index (κ3) is 6.58. The van der Waals surface area contributed by atoms with Crippen molar-refractivity contribution in [2.45, 2.75) is 40.7 Å². The Hall–Kier alpha value is -1.09. The second-order valence-electron chi connectivity index (χ2n) is 5.82. The average molecular weight is 267 g/mol. The lowest BCUT2D eigenvalue weighted by atomic mass is 10.1. The van der Waals surface area contributed by atoms with Crippen LogP contribution in [-0.4, -0.2) is 13.2 Å². The molecule has 0 radical (unpaired) electrons. The molecule has 0 aliphatic carbocycles. The van der Waals surface area contributed by atoms with Crippen LogP contribution in [0.5, 0.6) is 5.75 Å². The fraction of sp³-hybridized carbons (Fsp3) is 0.625. The summed E-state index contributed by atoms with van der Waals surface area (Å²) in [5.74, 6) is 1.26. The van der Waals surface area contributed by atoms with Crippen LogP contribution in [0.3, 0.4) is 0 Å². The summed E-state index contributed by atoms with van der Waals surface area (Å²) in [6, 6.07) is 5.20. The van der Waals surface area contributed by atoms with Crippen LogP contribution in [0.2, 0.25) is 0 Å². The third-order valence-electron chi connectivity index (χ3n) is 2.83. The van der Waals surface area contributed by atoms with E-state index in [0.29, 0.717) is 30.7 Å². The van der Waals surface area contributed by atoms with Crippen LogP contribution in [-0.2, 0) is 6.54 Å². The highest BCUT2D eigenvalue weighted by Gasteiger charge is 2.05. The van der Waals surface area contributed by atoms with E-state index in [1.807, 2.05) is 6.07 Å². The normalized spacial score (nSPS) is 11.3. The number of ether oxygens (including phenoxy) is 1. The van der Waals surface area contributed by atoms with Gasteiger partial charge in [0.15, 0.2) is 11.6 Å². The number of benzene rings is 1. The first-order chi connectivity index (χ1) is 8.99. The summed E-state index contributed by atoms with van der Waals surface area (Å²) < 4.78 is 19.3. The molecular formula is C16H26FNO. The zero-order valence-corrected chi connectivity index (χ0v) is 12.5. The first-order valence-electron chi connectivity index (χ1n) is 7.11. The lowest BCUT2D eigenvalue weighted by Gasteiger charge is -2.11. The molecule has 0 aliphatic heterocycles. The Balaban J connectivity index is 2.45. The molecule has 1 aromatic rings. The monoisotopic (exact) mass is 267 g/mol. The van der Waals surface area contributed by atoms with E-state index in [1.54, 1.807) is 12.1 Å². The molecule has 0 amide bonds. The Morgan fingerprint density at radius 3 is 2.47 bits per heavy atom. The fourth-order valence-electron chi connectivity index (χ4n) is 1.68. The van der Waals surface area contributed by atoms with Gasteiger partial charge in [-0.3, -0.25) is 0 Å². The van der Waals surface area contributed by atoms with Crippen molar-refractivity contribution >= 4 is 0 Å². The molecule has 0 saturated carbocycles. The predicted octanol–water partition coefficient (Wildman–Crippen LogP) is 4.00. The van der Waals surface area contributed by atoms with E-state index in [4.69, 9.17) is 4.74 Å². The van der Waals surface area contributed by atoms with Crippen molar-refractivity contribution in [1.82, 2.24) is 5.32 Å². The summed E-state index contributed by atoms with van der Waals surface area (Å²) in [7, 11) is 0. The van der Waals surface area contributed by atoms with E-state index >= 15 is 0 Å². The van der Waals surface area contributed by atoms with Crippen LogP contribution in [0, 0.1) is 17.7 Å². The first-order valence-corrected chi connectivity index (χ1v) is 7.11. The first kappa shape index (κ1) is 16.0. The molecule has 2 nitrogen and oxygen atoms in total. The molecule has 108 valence electrons. The van der Waals surface area contributed by atoms with E-state index < -0.39 is 0 Å². The van der Waals surface area contributed by atoms with Crippen molar-refractivity contribution in [3.63, 3.8) is 0 Å². The Bertz CT molecular complexity index is 377. The van der Waals surface area contributed by atoms with Gasteiger partial charge in [0.2, 0.25) is 0 Å². The second kappa shape index (κ2) is 8.16. The number of rotatable bonds is 8. The van der Waals surface area contributed by atoms with Crippen molar-refractivity contribution in [3.8, 4) is 5.75 Å². The molecule has 19 heavy (non-hydrogen) atoms. The number of hydrogen-bond acceptors (Lipinski definition) is 2. The highest BCUT2D eigenvalue weighted by molar-refractivity contribution is 5.29. The van der Waals surface area contributed by atoms with E-state index in [2.05, 4.69) is 33.0 Å². The molecule has 0 fully saturated rings. The van der Waals surface area contributed by atoms with Gasteiger partial charge in [0.25, 0.3) is 0 Å². The minimum absolute atomic E-state index is 0.271. The largest absolute Gasteiger partial charge is 0.491 e. The van der Waals surface area contributed by atoms with Gasteiger partial charge >= 0.3 is 0 Å². The summed E-state index contributed by atoms with van der Waals surface area (Å²) >= 11 is 0. The molecule has 0 aromatic heterocycles. The lowest BCUT2D eigenvalue weighted by Crippen LogP contribution is -2.19. The van der Waals surface area contributed by atoms with Crippen LogP contribution >= 0.6 is 0 Å². The number of halogens is 1. The van der Waals surface area contributed by atoms with Crippen molar-refractivity contribution in [1.29, 1.82) is 0 Å². The van der Waals surface area contributed by atoms with E-state index in [1.165, 1.54) is 0 Å². The molecular weight excluding hydrogens is 241 g/mol. The van der Waals surface area contributed by atoms with Crippen LogP contribution in [0.1, 0.15) is 39.7 Å². The summed E-state index contributed by atoms with van der Waals surface area (Å²) in [6.45, 7) is 10.8. The molecule has 0 aliphatic rings. The molecule has 3 heteroatoms. The molecule has 0 bridgehead atoms. The van der Waals surface area contributed by atoms with Gasteiger partial charge in [-0.25, -0.2) is 4.39 Å². The number of nitrogens with one attached hydrogen (secondary N) is 1. The quantitative estimate of drug-likeness (QED) is 0.768. The Morgan fingerprint density at radius 1 is 1.16 bits per heavy atom. The molecule has 0 saturated heterocycles. The zero-order chi connectivity index (χ0) is 14.3. The van der Waals surface area contributed by atoms with E-state index in [9.17, 15) is 4.39 Å². The molecule has 0 heterocycles. The maximum atomic E-state index is 13.8. The van der Waals surface area contributed by atoms with Crippen LogP contribution in [0.15, 0.2) is 18.2 Å². The molecule has 0 atom stereocenters. The summed E-state index contributed by atoms with van der Waals surface area (Å²) in [5.41, 5.74) is 0.953. The smallest absolute Gasteiger partial charge is 0.165 e. The van der Waals surface area contributed by atoms with Crippen molar-refractivity contribution in [2.75, 3.05) is 13.2 Å². The number of hydrogen-bond donors (Lipinski definition) is 1.